The maximum Gasteiger partial charge on any atom is 0.145 e. The van der Waals surface area contributed by atoms with Crippen LogP contribution in [0.25, 0.3) is 87.7 Å². The monoisotopic (exact) mass is 1970 g/mol. The Morgan fingerprint density at radius 1 is 0.307 bits per heavy atom. The van der Waals surface area contributed by atoms with Crippen molar-refractivity contribution in [2.75, 3.05) is 15.1 Å². The largest absolute Gasteiger partial charge is 0.455 e. The molecule has 3 aliphatic carbocycles. The van der Waals surface area contributed by atoms with E-state index in [1.54, 1.807) is 0 Å². The molecule has 0 aliphatic heterocycles. The molecule has 5 nitrogen and oxygen atoms in total. The summed E-state index contributed by atoms with van der Waals surface area (Å²) in [5.41, 5.74) is 30.5. The van der Waals surface area contributed by atoms with Crippen molar-refractivity contribution in [3.05, 3.63) is 434 Å². The van der Waals surface area contributed by atoms with Crippen molar-refractivity contribution in [3.8, 4) is 22.3 Å². The van der Waals surface area contributed by atoms with Gasteiger partial charge < -0.3 is 24.0 Å². The number of nitrogens with zero attached hydrogens (tertiary/aromatic N) is 2. The quantitative estimate of drug-likeness (QED) is 0.104. The van der Waals surface area contributed by atoms with Gasteiger partial charge in [0.2, 0.25) is 0 Å². The van der Waals surface area contributed by atoms with E-state index >= 15 is 0 Å². The van der Waals surface area contributed by atoms with Crippen molar-refractivity contribution in [1.82, 2.24) is 0 Å². The summed E-state index contributed by atoms with van der Waals surface area (Å²) in [5, 5.41) is 15.8. The molecule has 686 valence electrons. The molecule has 2 aromatic heterocycles. The highest BCUT2D eigenvalue weighted by atomic mass is 79.9. The maximum absolute atomic E-state index is 7.57. The Morgan fingerprint density at radius 2 is 0.628 bits per heavy atom. The number of hydrogen-bond donors (Lipinski definition) is 1. The Morgan fingerprint density at radius 3 is 1.06 bits per heavy atom. The first kappa shape index (κ1) is 92.6. The lowest BCUT2D eigenvalue weighted by Gasteiger charge is -2.42. The molecular weight excluding hydrogens is 1840 g/mol. The molecule has 0 radical (unpaired) electrons. The van der Waals surface area contributed by atoms with Gasteiger partial charge in [-0.25, -0.2) is 0 Å². The minimum absolute atomic E-state index is 0.0129. The predicted molar refractivity (Wildman–Crippen MR) is 603 cm³/mol. The van der Waals surface area contributed by atoms with Crippen molar-refractivity contribution in [3.63, 3.8) is 0 Å². The first-order chi connectivity index (χ1) is 65.6. The molecule has 0 unspecified atom stereocenters. The number of anilines is 7. The number of para-hydroxylation sites is 2. The average Bonchev–Trinajstić information content (AvgIpc) is 1.52. The van der Waals surface area contributed by atoms with Gasteiger partial charge in [0.05, 0.1) is 43.7 Å². The van der Waals surface area contributed by atoms with Crippen molar-refractivity contribution in [1.29, 1.82) is 0 Å². The second kappa shape index (κ2) is 35.7. The Hall–Kier alpha value is -12.1. The molecule has 1 N–H and O–H groups in total. The molecule has 2 heterocycles. The molecule has 0 amide bonds. The van der Waals surface area contributed by atoms with Crippen LogP contribution in [0.1, 0.15) is 149 Å². The van der Waals surface area contributed by atoms with Crippen molar-refractivity contribution in [2.24, 2.45) is 0 Å². The Bertz CT molecular complexity index is 7530. The van der Waals surface area contributed by atoms with Crippen molar-refractivity contribution >= 4 is 172 Å². The zero-order chi connectivity index (χ0) is 95.6. The summed E-state index contributed by atoms with van der Waals surface area (Å²) in [4.78, 5) is 5.31. The fourth-order valence-electron chi connectivity index (χ4n) is 22.4. The van der Waals surface area contributed by atoms with E-state index < -0.39 is 35.1 Å². The molecule has 0 saturated heterocycles. The summed E-state index contributed by atoms with van der Waals surface area (Å²) in [7, 11) is -4.16. The van der Waals surface area contributed by atoms with Crippen LogP contribution in [0.4, 0.5) is 39.8 Å². The van der Waals surface area contributed by atoms with Gasteiger partial charge in [-0.1, -0.05) is 443 Å². The number of fused-ring (bicyclic) bond motifs is 18. The van der Waals surface area contributed by atoms with Gasteiger partial charge in [-0.2, -0.15) is 0 Å². The number of nitrogens with one attached hydrogen (secondary N) is 1. The van der Waals surface area contributed by atoms with E-state index in [1.165, 1.54) is 145 Å². The predicted octanol–water partition coefficient (Wildman–Crippen LogP) is 36.4. The van der Waals surface area contributed by atoms with E-state index in [2.05, 4.69) is 526 Å². The van der Waals surface area contributed by atoms with E-state index in [0.717, 1.165) is 94.3 Å². The molecule has 22 rings (SSSR count). The van der Waals surface area contributed by atoms with Gasteiger partial charge in [0.15, 0.2) is 0 Å². The van der Waals surface area contributed by atoms with Crippen LogP contribution in [0.5, 0.6) is 0 Å². The van der Waals surface area contributed by atoms with Gasteiger partial charge in [0, 0.05) is 84.2 Å². The minimum atomic E-state index is -1.60. The number of furan rings is 2. The molecule has 3 aliphatic rings. The summed E-state index contributed by atoms with van der Waals surface area (Å²) in [5.74, 6) is 0. The number of benzene rings is 17. The maximum atomic E-state index is 7.57. The lowest BCUT2D eigenvalue weighted by molar-refractivity contribution is 0.429. The Balaban J connectivity index is 0.000000160. The minimum Gasteiger partial charge on any atom is -0.455 e. The summed E-state index contributed by atoms with van der Waals surface area (Å²) in [6.45, 7) is 42.8. The zero-order valence-corrected chi connectivity index (χ0v) is 88.8. The van der Waals surface area contributed by atoms with E-state index in [0.29, 0.717) is 6.04 Å². The zero-order valence-electron chi connectivity index (χ0n) is 82.6. The lowest BCUT2D eigenvalue weighted by atomic mass is 9.67. The summed E-state index contributed by atoms with van der Waals surface area (Å²) < 4.78 is 16.4. The van der Waals surface area contributed by atoms with E-state index in [9.17, 15) is 0 Å². The van der Waals surface area contributed by atoms with Crippen LogP contribution >= 0.6 is 31.9 Å². The molecule has 19 aromatic rings. The SMILES string of the molecule is Brc1cc2c(c3ccccc13)-c1c(cc(Br)c3c1oc1ccccc13)C2(c1ccccc1)c1ccccc1.CC(C)(C)c1ccc(N(c2ccc([Si](C)(C)C)cc2)c2cc3c(c4ccccc24)-c2c(cc(N(c4ccc(C(C)(C)C)cc4)C4CCC([Si](C)(C)C)CC4)c4c2oc2ccccc24)C3(c2ccccc2)c2ccccc2)cc1.CC(C)(C)c1ccc(Nc2ccc([Si](C)(C)C)cc2)cc1. The number of halogens is 2. The second-order valence-corrected chi connectivity index (χ2v) is 62.0. The van der Waals surface area contributed by atoms with Crippen LogP contribution in [0.15, 0.2) is 382 Å². The molecular formula is C127H125Br2N3O2Si3. The van der Waals surface area contributed by atoms with Crippen molar-refractivity contribution in [2.45, 2.75) is 186 Å². The average molecular weight is 1970 g/mol. The fourth-order valence-corrected chi connectivity index (χ4v) is 28.0. The molecule has 1 fully saturated rings. The van der Waals surface area contributed by atoms with Gasteiger partial charge in [-0.15, -0.1) is 0 Å². The third kappa shape index (κ3) is 16.7. The highest BCUT2D eigenvalue weighted by molar-refractivity contribution is 9.11. The van der Waals surface area contributed by atoms with E-state index in [-0.39, 0.29) is 16.2 Å². The third-order valence-corrected chi connectivity index (χ3v) is 38.2. The standard InChI is InChI=1S/C73H78N2OSi2.C35H20Br2O.C19H27NSi/c1-71(2,3)49-31-35-53(36-32-49)74(55-39-43-57(44-40-55)77(7,8)9)64-47-62-67(60-28-20-19-27-59(60)64)69-63(73(62,51-23-15-13-16-24-51)52-25-17-14-18-26-52)48-65(68-61-29-21-22-30-66(61)76-70(68)69)75(54-37-33-50(34-38-54)72(4,5)6)56-41-45-58(46-42-56)78(10,11)12;36-28-19-26-31(24-16-8-7-15-23(24)28)33-27(20-29(37)32-25-17-9-10-18-30(25)38-34(32)33)35(26,21-11-3-1-4-12-21)22-13-5-2-6-14-22;1-19(2,3)15-7-9-16(10-8-15)20-17-11-13-18(14-12-17)21(4,5)6/h13-40,43-44,47-48,56,58H,41-42,45-46H2,1-12H3;1-20H;7-14,20H,1-6H3. The lowest BCUT2D eigenvalue weighted by Crippen LogP contribution is -2.39. The number of hydrogen-bond acceptors (Lipinski definition) is 5. The van der Waals surface area contributed by atoms with Crippen LogP contribution in [-0.2, 0) is 27.1 Å². The number of rotatable bonds is 15. The molecule has 137 heavy (non-hydrogen) atoms. The first-order valence-corrected chi connectivity index (χ1v) is 61.3. The normalized spacial score (nSPS) is 15.2. The second-order valence-electron chi connectivity index (χ2n) is 44.6. The van der Waals surface area contributed by atoms with Crippen LogP contribution in [0.2, 0.25) is 64.5 Å². The third-order valence-electron chi connectivity index (χ3n) is 29.8. The fraction of sp³-hybridized carbons (Fsp3) is 0.228. The Labute approximate surface area is 830 Å². The van der Waals surface area contributed by atoms with Crippen LogP contribution < -0.4 is 25.5 Å². The summed E-state index contributed by atoms with van der Waals surface area (Å²) in [6, 6.07) is 136. The molecule has 0 bridgehead atoms. The van der Waals surface area contributed by atoms with Gasteiger partial charge in [-0.3, -0.25) is 0 Å². The molecule has 1 saturated carbocycles. The van der Waals surface area contributed by atoms with Crippen LogP contribution in [0, 0.1) is 0 Å². The molecule has 0 spiro atoms. The van der Waals surface area contributed by atoms with Crippen LogP contribution in [0.3, 0.4) is 0 Å². The topological polar surface area (TPSA) is 44.8 Å². The van der Waals surface area contributed by atoms with Gasteiger partial charge >= 0.3 is 0 Å². The van der Waals surface area contributed by atoms with E-state index in [4.69, 9.17) is 8.83 Å². The van der Waals surface area contributed by atoms with Gasteiger partial charge in [-0.05, 0) is 220 Å². The summed E-state index contributed by atoms with van der Waals surface area (Å²) >= 11 is 7.94. The Kier molecular flexibility index (Phi) is 24.1. The van der Waals surface area contributed by atoms with Crippen molar-refractivity contribution < 1.29 is 8.83 Å². The summed E-state index contributed by atoms with van der Waals surface area (Å²) in [6.07, 6.45) is 4.80. The van der Waals surface area contributed by atoms with Crippen LogP contribution in [-0.4, -0.2) is 30.3 Å². The molecule has 10 heteroatoms. The smallest absolute Gasteiger partial charge is 0.145 e. The first-order valence-electron chi connectivity index (χ1n) is 49.1. The molecule has 0 atom stereocenters. The molecule has 17 aromatic carbocycles. The highest BCUT2D eigenvalue weighted by Gasteiger charge is 2.52. The van der Waals surface area contributed by atoms with E-state index in [1.807, 2.05) is 6.07 Å². The van der Waals surface area contributed by atoms with Gasteiger partial charge in [0.25, 0.3) is 0 Å². The van der Waals surface area contributed by atoms with Gasteiger partial charge in [0.1, 0.15) is 22.3 Å². The highest BCUT2D eigenvalue weighted by Crippen LogP contribution is 2.66.